The van der Waals surface area contributed by atoms with Gasteiger partial charge in [-0.3, -0.25) is 19.7 Å². The summed E-state index contributed by atoms with van der Waals surface area (Å²) in [5, 5.41) is 11.4. The summed E-state index contributed by atoms with van der Waals surface area (Å²) < 4.78 is 0.718. The molecule has 1 N–H and O–H groups in total. The highest BCUT2D eigenvalue weighted by molar-refractivity contribution is 9.10. The van der Waals surface area contributed by atoms with Crippen LogP contribution in [0.5, 0.6) is 0 Å². The molecule has 1 atom stereocenters. The molecule has 6 nitrogen and oxygen atoms in total. The molecule has 0 aromatic heterocycles. The van der Waals surface area contributed by atoms with E-state index in [0.29, 0.717) is 17.5 Å². The molecule has 0 radical (unpaired) electrons. The van der Waals surface area contributed by atoms with Crippen molar-refractivity contribution in [1.29, 1.82) is 5.26 Å². The average molecular weight is 348 g/mol. The first-order chi connectivity index (χ1) is 10.0. The van der Waals surface area contributed by atoms with Crippen LogP contribution in [0, 0.1) is 11.3 Å². The SMILES string of the molecule is N#Cc1cc(Br)cc2c1C(=O)N(C1CCC(=O)NC1=O)C2. The minimum atomic E-state index is -0.659. The lowest BCUT2D eigenvalue weighted by molar-refractivity contribution is -0.136. The van der Waals surface area contributed by atoms with Gasteiger partial charge in [0.05, 0.1) is 11.1 Å². The molecule has 2 aliphatic heterocycles. The van der Waals surface area contributed by atoms with Crippen LogP contribution in [0.4, 0.5) is 0 Å². The Balaban J connectivity index is 1.96. The maximum absolute atomic E-state index is 12.5. The first-order valence-corrected chi connectivity index (χ1v) is 7.17. The third kappa shape index (κ3) is 2.21. The third-order valence-corrected chi connectivity index (χ3v) is 4.16. The van der Waals surface area contributed by atoms with Crippen LogP contribution >= 0.6 is 15.9 Å². The Bertz CT molecular complexity index is 723. The van der Waals surface area contributed by atoms with Crippen molar-refractivity contribution in [2.24, 2.45) is 0 Å². The van der Waals surface area contributed by atoms with Crippen LogP contribution in [-0.4, -0.2) is 28.7 Å². The second kappa shape index (κ2) is 4.97. The van der Waals surface area contributed by atoms with Crippen molar-refractivity contribution in [3.05, 3.63) is 33.3 Å². The Labute approximate surface area is 128 Å². The normalized spacial score (nSPS) is 21.0. The van der Waals surface area contributed by atoms with Crippen LogP contribution in [0.1, 0.15) is 34.3 Å². The molecule has 1 saturated heterocycles. The number of amides is 3. The maximum Gasteiger partial charge on any atom is 0.256 e. The van der Waals surface area contributed by atoms with E-state index in [1.54, 1.807) is 12.1 Å². The third-order valence-electron chi connectivity index (χ3n) is 3.71. The van der Waals surface area contributed by atoms with E-state index in [0.717, 1.165) is 10.0 Å². The zero-order chi connectivity index (χ0) is 15.1. The van der Waals surface area contributed by atoms with Gasteiger partial charge in [0.2, 0.25) is 11.8 Å². The van der Waals surface area contributed by atoms with Crippen molar-refractivity contribution in [2.45, 2.75) is 25.4 Å². The second-order valence-electron chi connectivity index (χ2n) is 5.00. The van der Waals surface area contributed by atoms with E-state index in [-0.39, 0.29) is 24.8 Å². The number of carbonyl (C=O) groups excluding carboxylic acids is 3. The number of imide groups is 1. The molecular weight excluding hydrogens is 338 g/mol. The summed E-state index contributed by atoms with van der Waals surface area (Å²) in [5.74, 6) is -1.10. The van der Waals surface area contributed by atoms with Gasteiger partial charge in [-0.15, -0.1) is 0 Å². The number of carbonyl (C=O) groups is 3. The monoisotopic (exact) mass is 347 g/mol. The Hall–Kier alpha value is -2.20. The highest BCUT2D eigenvalue weighted by Crippen LogP contribution is 2.31. The number of nitrogens with zero attached hydrogens (tertiary/aromatic N) is 2. The summed E-state index contributed by atoms with van der Waals surface area (Å²) in [6.45, 7) is 0.272. The van der Waals surface area contributed by atoms with Crippen molar-refractivity contribution in [3.8, 4) is 6.07 Å². The van der Waals surface area contributed by atoms with Gasteiger partial charge >= 0.3 is 0 Å². The first kappa shape index (κ1) is 13.8. The topological polar surface area (TPSA) is 90.3 Å². The summed E-state index contributed by atoms with van der Waals surface area (Å²) in [6, 6.07) is 4.71. The maximum atomic E-state index is 12.5. The summed E-state index contributed by atoms with van der Waals surface area (Å²) in [7, 11) is 0. The average Bonchev–Trinajstić information content (AvgIpc) is 2.75. The van der Waals surface area contributed by atoms with Gasteiger partial charge in [-0.1, -0.05) is 15.9 Å². The molecule has 2 aliphatic rings. The van der Waals surface area contributed by atoms with Crippen LogP contribution in [0.2, 0.25) is 0 Å². The van der Waals surface area contributed by atoms with Crippen LogP contribution in [0.25, 0.3) is 0 Å². The lowest BCUT2D eigenvalue weighted by Crippen LogP contribution is -2.52. The largest absolute Gasteiger partial charge is 0.322 e. The lowest BCUT2D eigenvalue weighted by atomic mass is 10.0. The summed E-state index contributed by atoms with van der Waals surface area (Å²) in [6.07, 6.45) is 0.527. The van der Waals surface area contributed by atoms with Gasteiger partial charge in [-0.2, -0.15) is 5.26 Å². The minimum absolute atomic E-state index is 0.214. The number of hydrogen-bond acceptors (Lipinski definition) is 4. The fourth-order valence-corrected chi connectivity index (χ4v) is 3.26. The zero-order valence-corrected chi connectivity index (χ0v) is 12.4. The van der Waals surface area contributed by atoms with E-state index in [1.807, 2.05) is 6.07 Å². The number of benzene rings is 1. The second-order valence-corrected chi connectivity index (χ2v) is 5.91. The number of piperidine rings is 1. The molecule has 21 heavy (non-hydrogen) atoms. The van der Waals surface area contributed by atoms with Gasteiger partial charge in [-0.25, -0.2) is 0 Å². The van der Waals surface area contributed by atoms with Crippen LogP contribution in [0.3, 0.4) is 0 Å². The van der Waals surface area contributed by atoms with Crippen molar-refractivity contribution in [2.75, 3.05) is 0 Å². The molecule has 3 rings (SSSR count). The van der Waals surface area contributed by atoms with Gasteiger partial charge in [0.25, 0.3) is 5.91 Å². The van der Waals surface area contributed by atoms with Gasteiger partial charge in [-0.05, 0) is 24.1 Å². The standard InChI is InChI=1S/C14H10BrN3O3/c15-9-3-7(5-16)12-8(4-9)6-18(14(12)21)10-1-2-11(19)17-13(10)20/h3-4,10H,1-2,6H2,(H,17,19,20). The molecule has 0 aliphatic carbocycles. The van der Waals surface area contributed by atoms with E-state index in [9.17, 15) is 14.4 Å². The van der Waals surface area contributed by atoms with E-state index in [1.165, 1.54) is 4.90 Å². The molecule has 1 aromatic rings. The predicted octanol–water partition coefficient (Wildman–Crippen LogP) is 1.08. The fraction of sp³-hybridized carbons (Fsp3) is 0.286. The number of halogens is 1. The first-order valence-electron chi connectivity index (χ1n) is 6.38. The van der Waals surface area contributed by atoms with E-state index in [2.05, 4.69) is 21.2 Å². The molecule has 0 spiro atoms. The number of hydrogen-bond donors (Lipinski definition) is 1. The smallest absolute Gasteiger partial charge is 0.256 e. The van der Waals surface area contributed by atoms with Gasteiger partial charge < -0.3 is 4.90 Å². The van der Waals surface area contributed by atoms with Crippen molar-refractivity contribution >= 4 is 33.7 Å². The van der Waals surface area contributed by atoms with Gasteiger partial charge in [0, 0.05) is 17.4 Å². The van der Waals surface area contributed by atoms with Gasteiger partial charge in [0.15, 0.2) is 0 Å². The molecule has 1 unspecified atom stereocenters. The number of nitrogens with one attached hydrogen (secondary N) is 1. The Kier molecular flexibility index (Phi) is 3.26. The Morgan fingerprint density at radius 3 is 2.76 bits per heavy atom. The Morgan fingerprint density at radius 1 is 1.33 bits per heavy atom. The highest BCUT2D eigenvalue weighted by atomic mass is 79.9. The van der Waals surface area contributed by atoms with Gasteiger partial charge in [0.1, 0.15) is 12.1 Å². The van der Waals surface area contributed by atoms with Crippen LogP contribution in [-0.2, 0) is 16.1 Å². The molecule has 106 valence electrons. The molecule has 0 bridgehead atoms. The zero-order valence-electron chi connectivity index (χ0n) is 10.9. The van der Waals surface area contributed by atoms with Crippen LogP contribution in [0.15, 0.2) is 16.6 Å². The van der Waals surface area contributed by atoms with E-state index in [4.69, 9.17) is 5.26 Å². The van der Waals surface area contributed by atoms with Crippen molar-refractivity contribution < 1.29 is 14.4 Å². The highest BCUT2D eigenvalue weighted by Gasteiger charge is 2.40. The number of rotatable bonds is 1. The quantitative estimate of drug-likeness (QED) is 0.769. The Morgan fingerprint density at radius 2 is 2.10 bits per heavy atom. The van der Waals surface area contributed by atoms with E-state index < -0.39 is 11.9 Å². The molecule has 1 aromatic carbocycles. The van der Waals surface area contributed by atoms with Crippen LogP contribution < -0.4 is 5.32 Å². The number of fused-ring (bicyclic) bond motifs is 1. The molecule has 3 amide bonds. The number of nitriles is 1. The minimum Gasteiger partial charge on any atom is -0.322 e. The summed E-state index contributed by atoms with van der Waals surface area (Å²) in [5.41, 5.74) is 1.36. The van der Waals surface area contributed by atoms with Crippen molar-refractivity contribution in [3.63, 3.8) is 0 Å². The summed E-state index contributed by atoms with van der Waals surface area (Å²) >= 11 is 3.31. The molecular formula is C14H10BrN3O3. The lowest BCUT2D eigenvalue weighted by Gasteiger charge is -2.29. The molecule has 2 heterocycles. The molecule has 1 fully saturated rings. The summed E-state index contributed by atoms with van der Waals surface area (Å²) in [4.78, 5) is 37.0. The van der Waals surface area contributed by atoms with E-state index >= 15 is 0 Å². The molecule has 7 heteroatoms. The predicted molar refractivity (Wildman–Crippen MR) is 74.9 cm³/mol. The fourth-order valence-electron chi connectivity index (χ4n) is 2.76. The molecule has 0 saturated carbocycles. The van der Waals surface area contributed by atoms with Crippen molar-refractivity contribution in [1.82, 2.24) is 10.2 Å².